The van der Waals surface area contributed by atoms with Crippen LogP contribution in [0, 0.1) is 5.92 Å². The van der Waals surface area contributed by atoms with Crippen molar-refractivity contribution >= 4 is 12.4 Å². The van der Waals surface area contributed by atoms with Gasteiger partial charge in [0.1, 0.15) is 5.76 Å². The monoisotopic (exact) mass is 465 g/mol. The van der Waals surface area contributed by atoms with Crippen LogP contribution in [0.4, 0.5) is 0 Å². The fourth-order valence-corrected chi connectivity index (χ4v) is 4.69. The first-order chi connectivity index (χ1) is 16.5. The second kappa shape index (κ2) is 10.6. The fourth-order valence-electron chi connectivity index (χ4n) is 4.69. The molecule has 2 aliphatic heterocycles. The maximum Gasteiger partial charge on any atom is 0.290 e. The van der Waals surface area contributed by atoms with Gasteiger partial charge in [0.25, 0.3) is 12.4 Å². The zero-order valence-electron chi connectivity index (χ0n) is 19.6. The Labute approximate surface area is 199 Å². The normalized spacial score (nSPS) is 17.9. The average Bonchev–Trinajstić information content (AvgIpc) is 3.60. The second-order valence-electron chi connectivity index (χ2n) is 8.92. The lowest BCUT2D eigenvalue weighted by atomic mass is 9.99. The van der Waals surface area contributed by atoms with Crippen LogP contribution in [0.1, 0.15) is 54.9 Å². The lowest BCUT2D eigenvalue weighted by Gasteiger charge is -2.36. The molecule has 0 unspecified atom stereocenters. The topological polar surface area (TPSA) is 105 Å². The van der Waals surface area contributed by atoms with E-state index < -0.39 is 0 Å². The predicted octanol–water partition coefficient (Wildman–Crippen LogP) is 3.69. The summed E-state index contributed by atoms with van der Waals surface area (Å²) in [5.74, 6) is 2.96. The molecule has 3 aromatic rings. The highest BCUT2D eigenvalue weighted by atomic mass is 16.4. The van der Waals surface area contributed by atoms with Crippen molar-refractivity contribution in [3.05, 3.63) is 59.8 Å². The summed E-state index contributed by atoms with van der Waals surface area (Å²) >= 11 is 0. The Hall–Kier alpha value is -3.46. The maximum atomic E-state index is 13.4. The summed E-state index contributed by atoms with van der Waals surface area (Å²) in [6.07, 6.45) is 2.48. The van der Waals surface area contributed by atoms with Crippen molar-refractivity contribution in [2.45, 2.75) is 45.8 Å². The summed E-state index contributed by atoms with van der Waals surface area (Å²) in [5, 5.41) is 11.6. The van der Waals surface area contributed by atoms with Gasteiger partial charge in [0.15, 0.2) is 17.4 Å². The van der Waals surface area contributed by atoms with Crippen molar-refractivity contribution in [1.29, 1.82) is 0 Å². The highest BCUT2D eigenvalue weighted by Gasteiger charge is 2.37. The second-order valence-corrected chi connectivity index (χ2v) is 8.92. The molecule has 0 bridgehead atoms. The molecule has 4 heterocycles. The molecule has 1 atom stereocenters. The number of hydrogen-bond acceptors (Lipinski definition) is 6. The molecule has 9 heteroatoms. The molecular formula is C25H31N5O4. The summed E-state index contributed by atoms with van der Waals surface area (Å²) < 4.78 is 7.93. The van der Waals surface area contributed by atoms with Gasteiger partial charge in [0.2, 0.25) is 0 Å². The van der Waals surface area contributed by atoms with Gasteiger partial charge in [-0.15, -0.1) is 0 Å². The molecule has 1 fully saturated rings. The summed E-state index contributed by atoms with van der Waals surface area (Å²) in [4.78, 5) is 30.9. The smallest absolute Gasteiger partial charge is 0.290 e. The molecule has 2 aliphatic rings. The Morgan fingerprint density at radius 2 is 1.82 bits per heavy atom. The van der Waals surface area contributed by atoms with E-state index in [0.29, 0.717) is 24.7 Å². The van der Waals surface area contributed by atoms with Gasteiger partial charge in [-0.05, 0) is 44.0 Å². The molecule has 9 nitrogen and oxygen atoms in total. The molecule has 1 N–H and O–H groups in total. The van der Waals surface area contributed by atoms with Crippen molar-refractivity contribution in [1.82, 2.24) is 24.6 Å². The van der Waals surface area contributed by atoms with Crippen LogP contribution in [0.5, 0.6) is 0 Å². The number of benzene rings is 1. The summed E-state index contributed by atoms with van der Waals surface area (Å²) in [6.45, 7) is 8.20. The van der Waals surface area contributed by atoms with Crippen molar-refractivity contribution in [2.75, 3.05) is 19.6 Å². The molecule has 0 aliphatic carbocycles. The first-order valence-corrected chi connectivity index (χ1v) is 11.7. The van der Waals surface area contributed by atoms with Crippen LogP contribution < -0.4 is 0 Å². The van der Waals surface area contributed by atoms with Crippen molar-refractivity contribution in [2.24, 2.45) is 5.92 Å². The number of rotatable bonds is 5. The third-order valence-electron chi connectivity index (χ3n) is 6.23. The number of carbonyl (C=O) groups excluding carboxylic acids is 1. The Balaban J connectivity index is 0.000000868. The highest BCUT2D eigenvalue weighted by molar-refractivity contribution is 5.92. The van der Waals surface area contributed by atoms with Gasteiger partial charge in [-0.2, -0.15) is 5.10 Å². The van der Waals surface area contributed by atoms with E-state index in [1.165, 1.54) is 12.8 Å². The van der Waals surface area contributed by atoms with Crippen molar-refractivity contribution < 1.29 is 19.1 Å². The third kappa shape index (κ3) is 5.04. The lowest BCUT2D eigenvalue weighted by molar-refractivity contribution is -0.122. The Morgan fingerprint density at radius 1 is 1.12 bits per heavy atom. The van der Waals surface area contributed by atoms with Gasteiger partial charge in [-0.3, -0.25) is 14.5 Å². The van der Waals surface area contributed by atoms with E-state index in [1.807, 2.05) is 52.0 Å². The van der Waals surface area contributed by atoms with Crippen molar-refractivity contribution in [3.63, 3.8) is 0 Å². The zero-order chi connectivity index (χ0) is 24.1. The number of hydrogen-bond donors (Lipinski definition) is 1. The van der Waals surface area contributed by atoms with Gasteiger partial charge in [0.05, 0.1) is 19.1 Å². The maximum absolute atomic E-state index is 13.4. The molecule has 34 heavy (non-hydrogen) atoms. The largest absolute Gasteiger partial charge is 0.483 e. The highest BCUT2D eigenvalue weighted by Crippen LogP contribution is 2.33. The van der Waals surface area contributed by atoms with Gasteiger partial charge >= 0.3 is 0 Å². The molecule has 1 amide bonds. The first-order valence-electron chi connectivity index (χ1n) is 11.7. The first kappa shape index (κ1) is 23.7. The standard InChI is InChI=1S/C24H29N5O2.CH2O2/c1-17(2)21-23-25-22(18-8-4-3-5-9-18)26-29(23)15-14-28(21)24(30)20-11-10-19(31-20)16-27-12-6-7-13-27;2-1-3/h3-5,8-11,17,21H,6-7,12-16H2,1-2H3;1H,(H,2,3)/t21-;/m0./s1. The van der Waals surface area contributed by atoms with Crippen LogP contribution in [0.25, 0.3) is 11.4 Å². The number of aromatic nitrogens is 3. The number of fused-ring (bicyclic) bond motifs is 1. The van der Waals surface area contributed by atoms with E-state index in [9.17, 15) is 4.79 Å². The molecule has 1 aromatic carbocycles. The summed E-state index contributed by atoms with van der Waals surface area (Å²) in [5.41, 5.74) is 0.988. The van der Waals surface area contributed by atoms with Crippen LogP contribution in [0.2, 0.25) is 0 Å². The minimum Gasteiger partial charge on any atom is -0.483 e. The van der Waals surface area contributed by atoms with Gasteiger partial charge in [-0.25, -0.2) is 9.67 Å². The lowest BCUT2D eigenvalue weighted by Crippen LogP contribution is -2.44. The fraction of sp³-hybridized carbons (Fsp3) is 0.440. The minimum atomic E-state index is -0.250. The Kier molecular flexibility index (Phi) is 7.42. The number of carboxylic acid groups (broad SMARTS) is 1. The van der Waals surface area contributed by atoms with E-state index in [4.69, 9.17) is 24.4 Å². The van der Waals surface area contributed by atoms with Crippen LogP contribution in [-0.4, -0.2) is 61.7 Å². The average molecular weight is 466 g/mol. The van der Waals surface area contributed by atoms with Crippen LogP contribution in [0.15, 0.2) is 46.9 Å². The van der Waals surface area contributed by atoms with E-state index in [-0.39, 0.29) is 24.3 Å². The zero-order valence-corrected chi connectivity index (χ0v) is 19.6. The van der Waals surface area contributed by atoms with E-state index >= 15 is 0 Å². The number of likely N-dealkylation sites (tertiary alicyclic amines) is 1. The molecule has 2 aromatic heterocycles. The quantitative estimate of drug-likeness (QED) is 0.573. The molecule has 180 valence electrons. The number of carbonyl (C=O) groups is 2. The third-order valence-corrected chi connectivity index (χ3v) is 6.23. The predicted molar refractivity (Wildman–Crippen MR) is 126 cm³/mol. The van der Waals surface area contributed by atoms with E-state index in [1.54, 1.807) is 0 Å². The molecule has 0 spiro atoms. The Morgan fingerprint density at radius 3 is 2.50 bits per heavy atom. The van der Waals surface area contributed by atoms with E-state index in [2.05, 4.69) is 18.7 Å². The van der Waals surface area contributed by atoms with Crippen LogP contribution in [-0.2, 0) is 17.9 Å². The minimum absolute atomic E-state index is 0.0677. The molecule has 0 saturated carbocycles. The van der Waals surface area contributed by atoms with Crippen molar-refractivity contribution in [3.8, 4) is 11.4 Å². The van der Waals surface area contributed by atoms with Gasteiger partial charge < -0.3 is 14.4 Å². The molecular weight excluding hydrogens is 434 g/mol. The van der Waals surface area contributed by atoms with Crippen LogP contribution in [0.3, 0.4) is 0 Å². The summed E-state index contributed by atoms with van der Waals surface area (Å²) in [6, 6.07) is 13.6. The summed E-state index contributed by atoms with van der Waals surface area (Å²) in [7, 11) is 0. The van der Waals surface area contributed by atoms with Gasteiger partial charge in [0, 0.05) is 12.1 Å². The Bertz CT molecular complexity index is 1100. The van der Waals surface area contributed by atoms with Gasteiger partial charge in [-0.1, -0.05) is 44.2 Å². The molecule has 5 rings (SSSR count). The van der Waals surface area contributed by atoms with Crippen LogP contribution >= 0.6 is 0 Å². The number of nitrogens with zero attached hydrogens (tertiary/aromatic N) is 5. The SMILES string of the molecule is CC(C)[C@H]1c2nc(-c3ccccc3)nn2CCN1C(=O)c1ccc(CN2CCCC2)o1.O=CO. The number of furan rings is 1. The number of amides is 1. The van der Waals surface area contributed by atoms with E-state index in [0.717, 1.165) is 36.8 Å². The molecule has 0 radical (unpaired) electrons. The molecule has 1 saturated heterocycles.